The highest BCUT2D eigenvalue weighted by molar-refractivity contribution is 7.92. The molecule has 3 rings (SSSR count). The van der Waals surface area contributed by atoms with Crippen LogP contribution in [0.2, 0.25) is 0 Å². The van der Waals surface area contributed by atoms with Gasteiger partial charge in [0.1, 0.15) is 5.75 Å². The van der Waals surface area contributed by atoms with Crippen LogP contribution in [0, 0.1) is 6.92 Å². The Morgan fingerprint density at radius 3 is 2.08 bits per heavy atom. The standard InChI is InChI=1S/C20H19NO4S/c1-15-7-3-4-8-18(15)21-26(22,23)17-13-11-16(12-14-17)25-20-10-6-5-9-19(20)24-2/h3-14,21H,1-2H3. The second-order valence-electron chi connectivity index (χ2n) is 5.64. The fraction of sp³-hybridized carbons (Fsp3) is 0.100. The van der Waals surface area contributed by atoms with Gasteiger partial charge in [-0.15, -0.1) is 0 Å². The number of rotatable bonds is 6. The quantitative estimate of drug-likeness (QED) is 0.690. The summed E-state index contributed by atoms with van der Waals surface area (Å²) in [6.45, 7) is 1.85. The van der Waals surface area contributed by atoms with Crippen LogP contribution >= 0.6 is 0 Å². The minimum Gasteiger partial charge on any atom is -0.493 e. The van der Waals surface area contributed by atoms with Crippen LogP contribution < -0.4 is 14.2 Å². The van der Waals surface area contributed by atoms with Gasteiger partial charge in [-0.25, -0.2) is 8.42 Å². The smallest absolute Gasteiger partial charge is 0.261 e. The molecule has 0 saturated heterocycles. The molecule has 0 aliphatic carbocycles. The van der Waals surface area contributed by atoms with E-state index in [9.17, 15) is 8.42 Å². The number of methoxy groups -OCH3 is 1. The van der Waals surface area contributed by atoms with Gasteiger partial charge < -0.3 is 9.47 Å². The van der Waals surface area contributed by atoms with Gasteiger partial charge in [-0.3, -0.25) is 4.72 Å². The highest BCUT2D eigenvalue weighted by Gasteiger charge is 2.15. The van der Waals surface area contributed by atoms with Gasteiger partial charge in [0, 0.05) is 0 Å². The molecule has 0 spiro atoms. The molecule has 0 aliphatic heterocycles. The number of sulfonamides is 1. The number of ether oxygens (including phenoxy) is 2. The van der Waals surface area contributed by atoms with Crippen molar-refractivity contribution in [2.24, 2.45) is 0 Å². The number of aryl methyl sites for hydroxylation is 1. The predicted molar refractivity (Wildman–Crippen MR) is 101 cm³/mol. The van der Waals surface area contributed by atoms with Gasteiger partial charge in [0.25, 0.3) is 10.0 Å². The third-order valence-electron chi connectivity index (χ3n) is 3.82. The van der Waals surface area contributed by atoms with Crippen LogP contribution in [-0.4, -0.2) is 15.5 Å². The molecule has 5 nitrogen and oxygen atoms in total. The Labute approximate surface area is 153 Å². The lowest BCUT2D eigenvalue weighted by Crippen LogP contribution is -2.13. The molecule has 0 heterocycles. The third kappa shape index (κ3) is 3.97. The second-order valence-corrected chi connectivity index (χ2v) is 7.33. The molecule has 3 aromatic carbocycles. The average molecular weight is 369 g/mol. The summed E-state index contributed by atoms with van der Waals surface area (Å²) in [4.78, 5) is 0.160. The molecular formula is C20H19NO4S. The Morgan fingerprint density at radius 1 is 0.808 bits per heavy atom. The zero-order valence-corrected chi connectivity index (χ0v) is 15.3. The molecule has 0 saturated carbocycles. The Kier molecular flexibility index (Phi) is 5.14. The van der Waals surface area contributed by atoms with Gasteiger partial charge in [-0.1, -0.05) is 30.3 Å². The molecule has 6 heteroatoms. The molecule has 0 radical (unpaired) electrons. The Balaban J connectivity index is 1.79. The van der Waals surface area contributed by atoms with Crippen molar-refractivity contribution in [1.82, 2.24) is 0 Å². The first kappa shape index (κ1) is 17.8. The first-order chi connectivity index (χ1) is 12.5. The molecule has 0 fully saturated rings. The lowest BCUT2D eigenvalue weighted by atomic mass is 10.2. The topological polar surface area (TPSA) is 64.6 Å². The van der Waals surface area contributed by atoms with Crippen molar-refractivity contribution in [2.75, 3.05) is 11.8 Å². The van der Waals surface area contributed by atoms with Crippen molar-refractivity contribution < 1.29 is 17.9 Å². The first-order valence-corrected chi connectivity index (χ1v) is 9.47. The maximum atomic E-state index is 12.6. The summed E-state index contributed by atoms with van der Waals surface area (Å²) in [7, 11) is -2.10. The highest BCUT2D eigenvalue weighted by atomic mass is 32.2. The SMILES string of the molecule is COc1ccccc1Oc1ccc(S(=O)(=O)Nc2ccccc2C)cc1. The molecule has 1 N–H and O–H groups in total. The number of para-hydroxylation sites is 3. The Morgan fingerprint density at radius 2 is 1.42 bits per heavy atom. The summed E-state index contributed by atoms with van der Waals surface area (Å²) < 4.78 is 38.7. The van der Waals surface area contributed by atoms with E-state index in [1.54, 1.807) is 43.5 Å². The van der Waals surface area contributed by atoms with Crippen LogP contribution in [0.5, 0.6) is 17.2 Å². The molecular weight excluding hydrogens is 350 g/mol. The maximum absolute atomic E-state index is 12.6. The normalized spacial score (nSPS) is 11.0. The molecule has 0 atom stereocenters. The van der Waals surface area contributed by atoms with E-state index in [2.05, 4.69) is 4.72 Å². The minimum absolute atomic E-state index is 0.160. The van der Waals surface area contributed by atoms with Crippen molar-refractivity contribution in [3.63, 3.8) is 0 Å². The van der Waals surface area contributed by atoms with Gasteiger partial charge in [-0.05, 0) is 55.0 Å². The summed E-state index contributed by atoms with van der Waals surface area (Å²) in [5, 5.41) is 0. The molecule has 26 heavy (non-hydrogen) atoms. The third-order valence-corrected chi connectivity index (χ3v) is 5.20. The molecule has 3 aromatic rings. The van der Waals surface area contributed by atoms with Crippen molar-refractivity contribution in [1.29, 1.82) is 0 Å². The molecule has 0 bridgehead atoms. The van der Waals surface area contributed by atoms with Gasteiger partial charge >= 0.3 is 0 Å². The van der Waals surface area contributed by atoms with Crippen LogP contribution in [0.1, 0.15) is 5.56 Å². The van der Waals surface area contributed by atoms with Gasteiger partial charge in [-0.2, -0.15) is 0 Å². The molecule has 0 aromatic heterocycles. The molecule has 0 aliphatic rings. The van der Waals surface area contributed by atoms with E-state index in [1.807, 2.05) is 31.2 Å². The predicted octanol–water partition coefficient (Wildman–Crippen LogP) is 4.60. The minimum atomic E-state index is -3.67. The van der Waals surface area contributed by atoms with Crippen molar-refractivity contribution in [3.8, 4) is 17.2 Å². The van der Waals surface area contributed by atoms with Crippen molar-refractivity contribution in [3.05, 3.63) is 78.4 Å². The van der Waals surface area contributed by atoms with Crippen LogP contribution in [-0.2, 0) is 10.0 Å². The van der Waals surface area contributed by atoms with Gasteiger partial charge in [0.05, 0.1) is 17.7 Å². The summed E-state index contributed by atoms with van der Waals surface area (Å²) in [5.41, 5.74) is 1.41. The van der Waals surface area contributed by atoms with E-state index in [1.165, 1.54) is 12.1 Å². The number of benzene rings is 3. The lowest BCUT2D eigenvalue weighted by Gasteiger charge is -2.12. The Hall–Kier alpha value is -2.99. The van der Waals surface area contributed by atoms with Crippen molar-refractivity contribution >= 4 is 15.7 Å². The molecule has 0 unspecified atom stereocenters. The highest BCUT2D eigenvalue weighted by Crippen LogP contribution is 2.31. The summed E-state index contributed by atoms with van der Waals surface area (Å²) in [6, 6.07) is 20.7. The second kappa shape index (κ2) is 7.49. The van der Waals surface area contributed by atoms with Gasteiger partial charge in [0.2, 0.25) is 0 Å². The number of nitrogens with one attached hydrogen (secondary N) is 1. The fourth-order valence-electron chi connectivity index (χ4n) is 2.41. The molecule has 0 amide bonds. The average Bonchev–Trinajstić information content (AvgIpc) is 2.64. The van der Waals surface area contributed by atoms with Gasteiger partial charge in [0.15, 0.2) is 11.5 Å². The van der Waals surface area contributed by atoms with Crippen molar-refractivity contribution in [2.45, 2.75) is 11.8 Å². The Bertz CT molecular complexity index is 998. The zero-order chi connectivity index (χ0) is 18.6. The van der Waals surface area contributed by atoms with E-state index in [0.717, 1.165) is 5.56 Å². The van der Waals surface area contributed by atoms with E-state index in [0.29, 0.717) is 22.9 Å². The van der Waals surface area contributed by atoms with Crippen LogP contribution in [0.4, 0.5) is 5.69 Å². The summed E-state index contributed by atoms with van der Waals surface area (Å²) in [6.07, 6.45) is 0. The van der Waals surface area contributed by atoms with E-state index in [4.69, 9.17) is 9.47 Å². The number of hydrogen-bond donors (Lipinski definition) is 1. The number of hydrogen-bond acceptors (Lipinski definition) is 4. The zero-order valence-electron chi connectivity index (χ0n) is 14.5. The van der Waals surface area contributed by atoms with E-state index in [-0.39, 0.29) is 4.90 Å². The monoisotopic (exact) mass is 369 g/mol. The van der Waals surface area contributed by atoms with Crippen LogP contribution in [0.15, 0.2) is 77.7 Å². The largest absolute Gasteiger partial charge is 0.493 e. The van der Waals surface area contributed by atoms with E-state index < -0.39 is 10.0 Å². The van der Waals surface area contributed by atoms with E-state index >= 15 is 0 Å². The fourth-order valence-corrected chi connectivity index (χ4v) is 3.54. The molecule has 134 valence electrons. The lowest BCUT2D eigenvalue weighted by molar-refractivity contribution is 0.379. The summed E-state index contributed by atoms with van der Waals surface area (Å²) in [5.74, 6) is 1.68. The maximum Gasteiger partial charge on any atom is 0.261 e. The first-order valence-electron chi connectivity index (χ1n) is 7.99. The summed E-state index contributed by atoms with van der Waals surface area (Å²) >= 11 is 0. The van der Waals surface area contributed by atoms with Crippen LogP contribution in [0.3, 0.4) is 0 Å². The number of anilines is 1. The van der Waals surface area contributed by atoms with Crippen LogP contribution in [0.25, 0.3) is 0 Å².